The first kappa shape index (κ1) is 14.8. The van der Waals surface area contributed by atoms with Gasteiger partial charge in [-0.2, -0.15) is 0 Å². The van der Waals surface area contributed by atoms with Gasteiger partial charge in [0.1, 0.15) is 12.0 Å². The van der Waals surface area contributed by atoms with Crippen LogP contribution in [-0.2, 0) is 0 Å². The summed E-state index contributed by atoms with van der Waals surface area (Å²) in [5.74, 6) is 1.46. The Morgan fingerprint density at radius 2 is 1.75 bits per heavy atom. The minimum absolute atomic E-state index is 0.611. The summed E-state index contributed by atoms with van der Waals surface area (Å²) in [4.78, 5) is 10.9. The summed E-state index contributed by atoms with van der Waals surface area (Å²) in [6.45, 7) is 7.32. The monoisotopic (exact) mass is 278 g/mol. The van der Waals surface area contributed by atoms with Gasteiger partial charge < -0.3 is 21.3 Å². The molecule has 6 heteroatoms. The van der Waals surface area contributed by atoms with E-state index in [0.29, 0.717) is 5.69 Å². The standard InChI is InChI=1S/C14H26N6/c1-2-6-16-13-12(15)14(19-11-18-13)17-7-10-20-8-4-3-5-9-20/h11H,2-10,15H2,1H3,(H2,16,17,18,19). The van der Waals surface area contributed by atoms with Crippen molar-refractivity contribution >= 4 is 17.3 Å². The lowest BCUT2D eigenvalue weighted by Crippen LogP contribution is -2.33. The largest absolute Gasteiger partial charge is 0.393 e. The van der Waals surface area contributed by atoms with Gasteiger partial charge in [-0.05, 0) is 32.4 Å². The summed E-state index contributed by atoms with van der Waals surface area (Å²) in [6.07, 6.45) is 6.61. The molecule has 1 aromatic heterocycles. The lowest BCUT2D eigenvalue weighted by Gasteiger charge is -2.26. The Morgan fingerprint density at radius 1 is 1.10 bits per heavy atom. The summed E-state index contributed by atoms with van der Waals surface area (Å²) >= 11 is 0. The maximum absolute atomic E-state index is 6.08. The third kappa shape index (κ3) is 4.23. The molecule has 1 aliphatic rings. The summed E-state index contributed by atoms with van der Waals surface area (Å²) in [5, 5.41) is 6.54. The molecular formula is C14H26N6. The Balaban J connectivity index is 1.82. The number of hydrogen-bond acceptors (Lipinski definition) is 6. The number of hydrogen-bond donors (Lipinski definition) is 3. The van der Waals surface area contributed by atoms with E-state index in [-0.39, 0.29) is 0 Å². The fourth-order valence-corrected chi connectivity index (χ4v) is 2.44. The van der Waals surface area contributed by atoms with Gasteiger partial charge in [0.25, 0.3) is 0 Å². The molecule has 0 aromatic carbocycles. The maximum atomic E-state index is 6.08. The van der Waals surface area contributed by atoms with Crippen molar-refractivity contribution in [3.8, 4) is 0 Å². The van der Waals surface area contributed by atoms with E-state index in [0.717, 1.165) is 37.7 Å². The summed E-state index contributed by atoms with van der Waals surface area (Å²) in [5.41, 5.74) is 6.69. The van der Waals surface area contributed by atoms with Gasteiger partial charge >= 0.3 is 0 Å². The lowest BCUT2D eigenvalue weighted by molar-refractivity contribution is 0.237. The van der Waals surface area contributed by atoms with Crippen LogP contribution in [0, 0.1) is 0 Å². The number of anilines is 3. The molecule has 0 saturated carbocycles. The van der Waals surface area contributed by atoms with Crippen LogP contribution in [0.3, 0.4) is 0 Å². The Morgan fingerprint density at radius 3 is 2.40 bits per heavy atom. The van der Waals surface area contributed by atoms with Crippen LogP contribution in [-0.4, -0.2) is 47.6 Å². The SMILES string of the molecule is CCCNc1ncnc(NCCN2CCCCC2)c1N. The molecule has 0 unspecified atom stereocenters. The number of nitrogens with two attached hydrogens (primary N) is 1. The summed E-state index contributed by atoms with van der Waals surface area (Å²) in [7, 11) is 0. The van der Waals surface area contributed by atoms with Crippen molar-refractivity contribution in [2.45, 2.75) is 32.6 Å². The van der Waals surface area contributed by atoms with Gasteiger partial charge in [0, 0.05) is 19.6 Å². The molecule has 0 bridgehead atoms. The topological polar surface area (TPSA) is 79.1 Å². The van der Waals surface area contributed by atoms with Crippen molar-refractivity contribution in [2.24, 2.45) is 0 Å². The van der Waals surface area contributed by atoms with Crippen LogP contribution in [0.2, 0.25) is 0 Å². The van der Waals surface area contributed by atoms with E-state index in [2.05, 4.69) is 32.4 Å². The van der Waals surface area contributed by atoms with E-state index in [1.807, 2.05) is 0 Å². The first-order valence-electron chi connectivity index (χ1n) is 7.62. The fraction of sp³-hybridized carbons (Fsp3) is 0.714. The molecular weight excluding hydrogens is 252 g/mol. The second kappa shape index (κ2) is 7.89. The number of nitrogens with one attached hydrogen (secondary N) is 2. The predicted molar refractivity (Wildman–Crippen MR) is 84.0 cm³/mol. The van der Waals surface area contributed by atoms with Crippen LogP contribution < -0.4 is 16.4 Å². The molecule has 1 aromatic rings. The quantitative estimate of drug-likeness (QED) is 0.705. The Labute approximate surface area is 121 Å². The highest BCUT2D eigenvalue weighted by molar-refractivity contribution is 5.73. The van der Waals surface area contributed by atoms with Crippen LogP contribution in [0.15, 0.2) is 6.33 Å². The normalized spacial score (nSPS) is 16.1. The fourth-order valence-electron chi connectivity index (χ4n) is 2.44. The second-order valence-electron chi connectivity index (χ2n) is 5.24. The highest BCUT2D eigenvalue weighted by atomic mass is 15.2. The molecule has 1 saturated heterocycles. The van der Waals surface area contributed by atoms with E-state index in [9.17, 15) is 0 Å². The average molecular weight is 278 g/mol. The van der Waals surface area contributed by atoms with Gasteiger partial charge in [0.15, 0.2) is 11.6 Å². The van der Waals surface area contributed by atoms with E-state index >= 15 is 0 Å². The van der Waals surface area contributed by atoms with Crippen molar-refractivity contribution in [3.05, 3.63) is 6.33 Å². The van der Waals surface area contributed by atoms with Gasteiger partial charge in [0.05, 0.1) is 0 Å². The molecule has 0 radical (unpaired) electrons. The zero-order valence-electron chi connectivity index (χ0n) is 12.4. The van der Waals surface area contributed by atoms with E-state index in [1.165, 1.54) is 32.4 Å². The van der Waals surface area contributed by atoms with Gasteiger partial charge in [-0.3, -0.25) is 0 Å². The minimum atomic E-state index is 0.611. The number of piperidine rings is 1. The number of aromatic nitrogens is 2. The van der Waals surface area contributed by atoms with E-state index in [1.54, 1.807) is 6.33 Å². The highest BCUT2D eigenvalue weighted by Crippen LogP contribution is 2.22. The van der Waals surface area contributed by atoms with Crippen LogP contribution >= 0.6 is 0 Å². The molecule has 1 fully saturated rings. The number of likely N-dealkylation sites (tertiary alicyclic amines) is 1. The maximum Gasteiger partial charge on any atom is 0.154 e. The van der Waals surface area contributed by atoms with Crippen LogP contribution in [0.5, 0.6) is 0 Å². The zero-order chi connectivity index (χ0) is 14.2. The molecule has 0 aliphatic carbocycles. The number of nitrogen functional groups attached to an aromatic ring is 1. The van der Waals surface area contributed by atoms with Crippen molar-refractivity contribution in [1.82, 2.24) is 14.9 Å². The van der Waals surface area contributed by atoms with E-state index in [4.69, 9.17) is 5.73 Å². The molecule has 2 heterocycles. The second-order valence-corrected chi connectivity index (χ2v) is 5.24. The summed E-state index contributed by atoms with van der Waals surface area (Å²) < 4.78 is 0. The molecule has 2 rings (SSSR count). The van der Waals surface area contributed by atoms with E-state index < -0.39 is 0 Å². The molecule has 0 atom stereocenters. The minimum Gasteiger partial charge on any atom is -0.393 e. The molecule has 1 aliphatic heterocycles. The number of nitrogens with zero attached hydrogens (tertiary/aromatic N) is 3. The highest BCUT2D eigenvalue weighted by Gasteiger charge is 2.10. The third-order valence-corrected chi connectivity index (χ3v) is 3.60. The van der Waals surface area contributed by atoms with Gasteiger partial charge in [-0.15, -0.1) is 0 Å². The van der Waals surface area contributed by atoms with Crippen LogP contribution in [0.1, 0.15) is 32.6 Å². The van der Waals surface area contributed by atoms with Gasteiger partial charge in [-0.1, -0.05) is 13.3 Å². The smallest absolute Gasteiger partial charge is 0.154 e. The first-order chi connectivity index (χ1) is 9.81. The van der Waals surface area contributed by atoms with Gasteiger partial charge in [-0.25, -0.2) is 9.97 Å². The molecule has 6 nitrogen and oxygen atoms in total. The molecule has 20 heavy (non-hydrogen) atoms. The molecule has 4 N–H and O–H groups in total. The van der Waals surface area contributed by atoms with Crippen molar-refractivity contribution in [3.63, 3.8) is 0 Å². The zero-order valence-corrected chi connectivity index (χ0v) is 12.4. The Kier molecular flexibility index (Phi) is 5.86. The lowest BCUT2D eigenvalue weighted by atomic mass is 10.1. The number of rotatable bonds is 7. The Hall–Kier alpha value is -1.56. The van der Waals surface area contributed by atoms with Crippen molar-refractivity contribution in [1.29, 1.82) is 0 Å². The first-order valence-corrected chi connectivity index (χ1v) is 7.62. The average Bonchev–Trinajstić information content (AvgIpc) is 2.49. The van der Waals surface area contributed by atoms with Crippen LogP contribution in [0.4, 0.5) is 17.3 Å². The van der Waals surface area contributed by atoms with Crippen molar-refractivity contribution in [2.75, 3.05) is 49.1 Å². The van der Waals surface area contributed by atoms with Gasteiger partial charge in [0.2, 0.25) is 0 Å². The van der Waals surface area contributed by atoms with Crippen molar-refractivity contribution < 1.29 is 0 Å². The Bertz CT molecular complexity index is 403. The summed E-state index contributed by atoms with van der Waals surface area (Å²) in [6, 6.07) is 0. The molecule has 0 spiro atoms. The predicted octanol–water partition coefficient (Wildman–Crippen LogP) is 1.78. The molecule has 112 valence electrons. The third-order valence-electron chi connectivity index (χ3n) is 3.60. The van der Waals surface area contributed by atoms with Crippen LogP contribution in [0.25, 0.3) is 0 Å². The molecule has 0 amide bonds.